The minimum atomic E-state index is -0.151. The molecule has 2 unspecified atom stereocenters. The van der Waals surface area contributed by atoms with Crippen LogP contribution in [-0.2, 0) is 0 Å². The number of amides is 2. The highest BCUT2D eigenvalue weighted by Gasteiger charge is 2.14. The maximum absolute atomic E-state index is 11.6. The molecule has 0 heterocycles. The van der Waals surface area contributed by atoms with Crippen LogP contribution < -0.4 is 5.32 Å². The van der Waals surface area contributed by atoms with Crippen LogP contribution in [0.3, 0.4) is 0 Å². The van der Waals surface area contributed by atoms with E-state index in [1.807, 2.05) is 6.92 Å². The summed E-state index contributed by atoms with van der Waals surface area (Å²) in [5.74, 6) is 0. The number of urea groups is 1. The predicted octanol–water partition coefficient (Wildman–Crippen LogP) is 0.739. The molecule has 0 aromatic carbocycles. The Bertz CT molecular complexity index is 224. The molecule has 0 radical (unpaired) electrons. The van der Waals surface area contributed by atoms with Crippen molar-refractivity contribution in [2.24, 2.45) is 0 Å². The molecular weight excluding hydrogens is 218 g/mol. The highest BCUT2D eigenvalue weighted by atomic mass is 16.3. The van der Waals surface area contributed by atoms with Crippen molar-refractivity contribution in [3.63, 3.8) is 0 Å². The molecule has 5 nitrogen and oxygen atoms in total. The number of nitrogens with zero attached hydrogens (tertiary/aromatic N) is 2. The quantitative estimate of drug-likeness (QED) is 0.695. The van der Waals surface area contributed by atoms with Crippen LogP contribution in [0.25, 0.3) is 0 Å². The summed E-state index contributed by atoms with van der Waals surface area (Å²) in [6, 6.07) is 0.243. The molecule has 0 saturated heterocycles. The second-order valence-corrected chi connectivity index (χ2v) is 4.61. The van der Waals surface area contributed by atoms with E-state index in [0.717, 1.165) is 13.0 Å². The molecule has 2 N–H and O–H groups in total. The fourth-order valence-corrected chi connectivity index (χ4v) is 1.32. The largest absolute Gasteiger partial charge is 0.394 e. The van der Waals surface area contributed by atoms with Gasteiger partial charge in [0.1, 0.15) is 0 Å². The standard InChI is InChI=1S/C12H27N3O2/c1-6-10(2)14(4)8-7-13-12(17)15(5)11(3)9-16/h10-11,16H,6-9H2,1-5H3,(H,13,17). The lowest BCUT2D eigenvalue weighted by Crippen LogP contribution is -2.46. The molecule has 0 aliphatic heterocycles. The Morgan fingerprint density at radius 3 is 2.35 bits per heavy atom. The zero-order valence-corrected chi connectivity index (χ0v) is 11.7. The van der Waals surface area contributed by atoms with Crippen LogP contribution >= 0.6 is 0 Å². The normalized spacial score (nSPS) is 14.5. The van der Waals surface area contributed by atoms with Crippen LogP contribution in [0, 0.1) is 0 Å². The summed E-state index contributed by atoms with van der Waals surface area (Å²) in [6.45, 7) is 7.57. The van der Waals surface area contributed by atoms with Gasteiger partial charge in [0.15, 0.2) is 0 Å². The van der Waals surface area contributed by atoms with Crippen molar-refractivity contribution in [2.75, 3.05) is 33.8 Å². The first kappa shape index (κ1) is 16.2. The van der Waals surface area contributed by atoms with Gasteiger partial charge in [-0.2, -0.15) is 0 Å². The number of aliphatic hydroxyl groups is 1. The van der Waals surface area contributed by atoms with Crippen molar-refractivity contribution in [3.8, 4) is 0 Å². The van der Waals surface area contributed by atoms with Gasteiger partial charge < -0.3 is 20.2 Å². The second-order valence-electron chi connectivity index (χ2n) is 4.61. The van der Waals surface area contributed by atoms with E-state index in [4.69, 9.17) is 5.11 Å². The number of carbonyl (C=O) groups excluding carboxylic acids is 1. The van der Waals surface area contributed by atoms with Gasteiger partial charge in [-0.15, -0.1) is 0 Å². The molecule has 0 aromatic heterocycles. The Labute approximate surface area is 105 Å². The minimum absolute atomic E-state index is 0.0172. The van der Waals surface area contributed by atoms with Gasteiger partial charge in [0, 0.05) is 26.2 Å². The van der Waals surface area contributed by atoms with E-state index in [-0.39, 0.29) is 18.7 Å². The number of rotatable bonds is 7. The SMILES string of the molecule is CCC(C)N(C)CCNC(=O)N(C)C(C)CO. The summed E-state index contributed by atoms with van der Waals surface area (Å²) in [5.41, 5.74) is 0. The molecule has 2 amide bonds. The average Bonchev–Trinajstić information content (AvgIpc) is 2.35. The third-order valence-electron chi connectivity index (χ3n) is 3.33. The molecule has 0 bridgehead atoms. The van der Waals surface area contributed by atoms with Gasteiger partial charge in [0.05, 0.1) is 12.6 Å². The number of aliphatic hydroxyl groups excluding tert-OH is 1. The van der Waals surface area contributed by atoms with Gasteiger partial charge in [-0.05, 0) is 27.3 Å². The van der Waals surface area contributed by atoms with Gasteiger partial charge in [-0.1, -0.05) is 6.92 Å². The Morgan fingerprint density at radius 2 is 1.88 bits per heavy atom. The Kier molecular flexibility index (Phi) is 7.91. The first-order valence-corrected chi connectivity index (χ1v) is 6.25. The Hall–Kier alpha value is -0.810. The van der Waals surface area contributed by atoms with Crippen LogP contribution in [0.5, 0.6) is 0 Å². The van der Waals surface area contributed by atoms with Crippen LogP contribution in [0.2, 0.25) is 0 Å². The molecule has 0 saturated carbocycles. The maximum atomic E-state index is 11.6. The molecule has 0 aliphatic carbocycles. The van der Waals surface area contributed by atoms with Gasteiger partial charge in [-0.3, -0.25) is 0 Å². The van der Waals surface area contributed by atoms with Gasteiger partial charge >= 0.3 is 6.03 Å². The third-order valence-corrected chi connectivity index (χ3v) is 3.33. The zero-order valence-electron chi connectivity index (χ0n) is 11.7. The van der Waals surface area contributed by atoms with Gasteiger partial charge in [0.25, 0.3) is 0 Å². The zero-order chi connectivity index (χ0) is 13.4. The van der Waals surface area contributed by atoms with Gasteiger partial charge in [-0.25, -0.2) is 4.79 Å². The number of likely N-dealkylation sites (N-methyl/N-ethyl adjacent to an activating group) is 2. The van der Waals surface area contributed by atoms with E-state index < -0.39 is 0 Å². The van der Waals surface area contributed by atoms with E-state index >= 15 is 0 Å². The summed E-state index contributed by atoms with van der Waals surface area (Å²) in [4.78, 5) is 15.4. The fraction of sp³-hybridized carbons (Fsp3) is 0.917. The number of nitrogens with one attached hydrogen (secondary N) is 1. The lowest BCUT2D eigenvalue weighted by molar-refractivity contribution is 0.155. The summed E-state index contributed by atoms with van der Waals surface area (Å²) < 4.78 is 0. The monoisotopic (exact) mass is 245 g/mol. The van der Waals surface area contributed by atoms with Crippen molar-refractivity contribution in [2.45, 2.75) is 39.3 Å². The van der Waals surface area contributed by atoms with Crippen LogP contribution in [0.15, 0.2) is 0 Å². The Morgan fingerprint density at radius 1 is 1.29 bits per heavy atom. The van der Waals surface area contributed by atoms with Crippen molar-refractivity contribution in [3.05, 3.63) is 0 Å². The van der Waals surface area contributed by atoms with Crippen LogP contribution in [0.4, 0.5) is 4.79 Å². The number of hydrogen-bond acceptors (Lipinski definition) is 3. The first-order valence-electron chi connectivity index (χ1n) is 6.25. The minimum Gasteiger partial charge on any atom is -0.394 e. The highest BCUT2D eigenvalue weighted by Crippen LogP contribution is 1.98. The smallest absolute Gasteiger partial charge is 0.317 e. The molecule has 102 valence electrons. The molecule has 0 aliphatic rings. The van der Waals surface area contributed by atoms with Crippen LogP contribution in [0.1, 0.15) is 27.2 Å². The Balaban J connectivity index is 3.85. The number of hydrogen-bond donors (Lipinski definition) is 2. The van der Waals surface area contributed by atoms with E-state index in [1.165, 1.54) is 4.90 Å². The first-order chi connectivity index (χ1) is 7.93. The summed E-state index contributed by atoms with van der Waals surface area (Å²) >= 11 is 0. The lowest BCUT2D eigenvalue weighted by Gasteiger charge is -2.26. The second kappa shape index (κ2) is 8.31. The van der Waals surface area contributed by atoms with Crippen molar-refractivity contribution >= 4 is 6.03 Å². The summed E-state index contributed by atoms with van der Waals surface area (Å²) in [5, 5.41) is 11.8. The van der Waals surface area contributed by atoms with Gasteiger partial charge in [0.2, 0.25) is 0 Å². The topological polar surface area (TPSA) is 55.8 Å². The third kappa shape index (κ3) is 5.89. The predicted molar refractivity (Wildman–Crippen MR) is 70.1 cm³/mol. The molecule has 17 heavy (non-hydrogen) atoms. The fourth-order valence-electron chi connectivity index (χ4n) is 1.32. The van der Waals surface area contributed by atoms with Crippen molar-refractivity contribution < 1.29 is 9.90 Å². The molecule has 2 atom stereocenters. The van der Waals surface area contributed by atoms with E-state index in [2.05, 4.69) is 31.1 Å². The highest BCUT2D eigenvalue weighted by molar-refractivity contribution is 5.74. The van der Waals surface area contributed by atoms with Crippen LogP contribution in [-0.4, -0.2) is 66.8 Å². The molecular formula is C12H27N3O2. The summed E-state index contributed by atoms with van der Waals surface area (Å²) in [7, 11) is 3.75. The molecule has 0 aromatic rings. The molecule has 0 spiro atoms. The van der Waals surface area contributed by atoms with E-state index in [9.17, 15) is 4.79 Å². The number of carbonyl (C=O) groups is 1. The molecule has 5 heteroatoms. The summed E-state index contributed by atoms with van der Waals surface area (Å²) in [6.07, 6.45) is 1.10. The van der Waals surface area contributed by atoms with Crippen molar-refractivity contribution in [1.82, 2.24) is 15.1 Å². The molecule has 0 rings (SSSR count). The maximum Gasteiger partial charge on any atom is 0.317 e. The van der Waals surface area contributed by atoms with E-state index in [0.29, 0.717) is 12.6 Å². The van der Waals surface area contributed by atoms with E-state index in [1.54, 1.807) is 7.05 Å². The average molecular weight is 245 g/mol. The lowest BCUT2D eigenvalue weighted by atomic mass is 10.2. The van der Waals surface area contributed by atoms with Crippen molar-refractivity contribution in [1.29, 1.82) is 0 Å². The molecule has 0 fully saturated rings.